The van der Waals surface area contributed by atoms with Gasteiger partial charge in [-0.05, 0) is 61.0 Å². The number of fused-ring (bicyclic) bond motifs is 2. The number of carbonyl (C=O) groups excluding carboxylic acids is 1. The van der Waals surface area contributed by atoms with E-state index in [9.17, 15) is 22.4 Å². The summed E-state index contributed by atoms with van der Waals surface area (Å²) in [6.45, 7) is 1.54. The van der Waals surface area contributed by atoms with Crippen LogP contribution in [0.15, 0.2) is 76.4 Å². The number of sulfonamides is 1. The number of rotatable bonds is 8. The van der Waals surface area contributed by atoms with E-state index in [4.69, 9.17) is 14.2 Å². The molecule has 0 bridgehead atoms. The Hall–Kier alpha value is -4.22. The van der Waals surface area contributed by atoms with Gasteiger partial charge in [0.1, 0.15) is 5.82 Å². The number of hydrogen-bond acceptors (Lipinski definition) is 7. The van der Waals surface area contributed by atoms with Crippen molar-refractivity contribution in [2.75, 3.05) is 13.4 Å². The number of aromatic nitrogens is 1. The third kappa shape index (κ3) is 5.11. The fourth-order valence-electron chi connectivity index (χ4n) is 4.09. The molecule has 3 aromatic carbocycles. The number of nitrogens with zero attached hydrogens (tertiary/aromatic N) is 1. The van der Waals surface area contributed by atoms with E-state index < -0.39 is 27.4 Å². The standard InChI is InChI=1S/C27H23FN2O7S/c1-2-35-27(32)18-5-9-22(10-6-18)38(33,34)30(14-17-3-7-21(28)8-4-17)15-20-11-19-12-24-25(37-16-36-24)13-23(19)29-26(20)31/h3-13H,2,14-16H2,1H3,(H,29,31). The molecule has 4 aromatic rings. The molecule has 0 amide bonds. The normalized spacial score (nSPS) is 12.7. The van der Waals surface area contributed by atoms with Gasteiger partial charge in [-0.25, -0.2) is 17.6 Å². The minimum absolute atomic E-state index is 0.0708. The van der Waals surface area contributed by atoms with Crippen LogP contribution in [0.4, 0.5) is 4.39 Å². The Morgan fingerprint density at radius 3 is 2.37 bits per heavy atom. The number of halogens is 1. The van der Waals surface area contributed by atoms with E-state index in [2.05, 4.69) is 4.98 Å². The number of hydrogen-bond donors (Lipinski definition) is 1. The van der Waals surface area contributed by atoms with Crippen molar-refractivity contribution in [1.82, 2.24) is 9.29 Å². The molecule has 9 nitrogen and oxygen atoms in total. The molecule has 1 aliphatic rings. The molecule has 0 spiro atoms. The summed E-state index contributed by atoms with van der Waals surface area (Å²) in [4.78, 5) is 27.7. The van der Waals surface area contributed by atoms with E-state index in [0.29, 0.717) is 28.0 Å². The number of esters is 1. The highest BCUT2D eigenvalue weighted by Crippen LogP contribution is 2.35. The lowest BCUT2D eigenvalue weighted by Crippen LogP contribution is -2.32. The summed E-state index contributed by atoms with van der Waals surface area (Å²) < 4.78 is 57.8. The second kappa shape index (κ2) is 10.3. The molecule has 0 atom stereocenters. The number of benzene rings is 3. The van der Waals surface area contributed by atoms with Crippen LogP contribution in [-0.2, 0) is 27.8 Å². The van der Waals surface area contributed by atoms with Gasteiger partial charge in [-0.1, -0.05) is 12.1 Å². The van der Waals surface area contributed by atoms with Crippen LogP contribution in [-0.4, -0.2) is 37.1 Å². The molecule has 11 heteroatoms. The molecule has 0 unspecified atom stereocenters. The molecular formula is C27H23FN2O7S. The van der Waals surface area contributed by atoms with E-state index in [0.717, 1.165) is 4.31 Å². The summed E-state index contributed by atoms with van der Waals surface area (Å²) in [5.41, 5.74) is 0.989. The van der Waals surface area contributed by atoms with Gasteiger partial charge in [0.15, 0.2) is 11.5 Å². The maximum atomic E-state index is 13.7. The lowest BCUT2D eigenvalue weighted by atomic mass is 10.1. The zero-order chi connectivity index (χ0) is 26.9. The number of aromatic amines is 1. The van der Waals surface area contributed by atoms with E-state index in [1.54, 1.807) is 25.1 Å². The van der Waals surface area contributed by atoms with Gasteiger partial charge in [-0.15, -0.1) is 0 Å². The second-order valence-corrected chi connectivity index (χ2v) is 10.5. The van der Waals surface area contributed by atoms with Crippen LogP contribution in [0, 0.1) is 5.82 Å². The maximum absolute atomic E-state index is 13.7. The molecule has 1 aromatic heterocycles. The first-order chi connectivity index (χ1) is 18.2. The molecule has 0 saturated carbocycles. The van der Waals surface area contributed by atoms with Crippen LogP contribution in [0.3, 0.4) is 0 Å². The lowest BCUT2D eigenvalue weighted by molar-refractivity contribution is 0.0526. The first-order valence-corrected chi connectivity index (χ1v) is 13.2. The van der Waals surface area contributed by atoms with Crippen molar-refractivity contribution in [2.24, 2.45) is 0 Å². The number of nitrogens with one attached hydrogen (secondary N) is 1. The molecule has 1 aliphatic heterocycles. The fraction of sp³-hybridized carbons (Fsp3) is 0.185. The highest BCUT2D eigenvalue weighted by Gasteiger charge is 2.27. The molecule has 38 heavy (non-hydrogen) atoms. The van der Waals surface area contributed by atoms with Crippen molar-refractivity contribution in [2.45, 2.75) is 24.9 Å². The van der Waals surface area contributed by atoms with Crippen molar-refractivity contribution in [3.63, 3.8) is 0 Å². The van der Waals surface area contributed by atoms with Crippen molar-refractivity contribution in [3.05, 3.63) is 99.6 Å². The third-order valence-electron chi connectivity index (χ3n) is 6.04. The van der Waals surface area contributed by atoms with Crippen LogP contribution < -0.4 is 15.0 Å². The van der Waals surface area contributed by atoms with Crippen molar-refractivity contribution < 1.29 is 31.8 Å². The van der Waals surface area contributed by atoms with Crippen LogP contribution >= 0.6 is 0 Å². The number of pyridine rings is 1. The minimum Gasteiger partial charge on any atom is -0.462 e. The van der Waals surface area contributed by atoms with Crippen molar-refractivity contribution in [1.29, 1.82) is 0 Å². The molecule has 196 valence electrons. The zero-order valence-corrected chi connectivity index (χ0v) is 21.1. The molecular weight excluding hydrogens is 515 g/mol. The Morgan fingerprint density at radius 1 is 1.00 bits per heavy atom. The van der Waals surface area contributed by atoms with Crippen molar-refractivity contribution >= 4 is 26.9 Å². The third-order valence-corrected chi connectivity index (χ3v) is 7.84. The maximum Gasteiger partial charge on any atom is 0.338 e. The largest absolute Gasteiger partial charge is 0.462 e. The van der Waals surface area contributed by atoms with Gasteiger partial charge in [0.25, 0.3) is 5.56 Å². The number of carbonyl (C=O) groups is 1. The lowest BCUT2D eigenvalue weighted by Gasteiger charge is -2.22. The van der Waals surface area contributed by atoms with E-state index in [1.807, 2.05) is 0 Å². The van der Waals surface area contributed by atoms with E-state index in [-0.39, 0.29) is 42.5 Å². The summed E-state index contributed by atoms with van der Waals surface area (Å²) >= 11 is 0. The Bertz CT molecular complexity index is 1670. The van der Waals surface area contributed by atoms with Crippen LogP contribution in [0.2, 0.25) is 0 Å². The SMILES string of the molecule is CCOC(=O)c1ccc(S(=O)(=O)N(Cc2ccc(F)cc2)Cc2cc3cc4c(cc3[nH]c2=O)OCO4)cc1. The van der Waals surface area contributed by atoms with Crippen LogP contribution in [0.5, 0.6) is 11.5 Å². The van der Waals surface area contributed by atoms with E-state index in [1.165, 1.54) is 48.5 Å². The fourth-order valence-corrected chi connectivity index (χ4v) is 5.50. The molecule has 5 rings (SSSR count). The first kappa shape index (κ1) is 25.4. The Morgan fingerprint density at radius 2 is 1.68 bits per heavy atom. The Balaban J connectivity index is 1.52. The summed E-state index contributed by atoms with van der Waals surface area (Å²) in [5, 5.41) is 0.641. The minimum atomic E-state index is -4.15. The van der Waals surface area contributed by atoms with Gasteiger partial charge in [0, 0.05) is 30.1 Å². The van der Waals surface area contributed by atoms with Gasteiger partial charge in [-0.3, -0.25) is 4.79 Å². The molecule has 0 saturated heterocycles. The Kier molecular flexibility index (Phi) is 6.87. The summed E-state index contributed by atoms with van der Waals surface area (Å²) in [6.07, 6.45) is 0. The number of H-pyrrole nitrogens is 1. The summed E-state index contributed by atoms with van der Waals surface area (Å²) in [6, 6.07) is 15.8. The van der Waals surface area contributed by atoms with Gasteiger partial charge in [0.05, 0.1) is 22.6 Å². The Labute approximate surface area is 217 Å². The van der Waals surface area contributed by atoms with E-state index >= 15 is 0 Å². The molecule has 0 radical (unpaired) electrons. The summed E-state index contributed by atoms with van der Waals surface area (Å²) in [5.74, 6) is 0.00579. The first-order valence-electron chi connectivity index (χ1n) is 11.7. The van der Waals surface area contributed by atoms with Crippen molar-refractivity contribution in [3.8, 4) is 11.5 Å². The second-order valence-electron chi connectivity index (χ2n) is 8.56. The van der Waals surface area contributed by atoms with Gasteiger partial charge in [0.2, 0.25) is 16.8 Å². The van der Waals surface area contributed by atoms with Gasteiger partial charge < -0.3 is 19.2 Å². The zero-order valence-electron chi connectivity index (χ0n) is 20.3. The average molecular weight is 539 g/mol. The smallest absolute Gasteiger partial charge is 0.338 e. The highest BCUT2D eigenvalue weighted by molar-refractivity contribution is 7.89. The summed E-state index contributed by atoms with van der Waals surface area (Å²) in [7, 11) is -4.15. The molecule has 1 N–H and O–H groups in total. The monoisotopic (exact) mass is 538 g/mol. The predicted octanol–water partition coefficient (Wildman–Crippen LogP) is 3.96. The quantitative estimate of drug-likeness (QED) is 0.338. The molecule has 2 heterocycles. The highest BCUT2D eigenvalue weighted by atomic mass is 32.2. The molecule has 0 fully saturated rings. The van der Waals surface area contributed by atoms with Crippen LogP contribution in [0.1, 0.15) is 28.4 Å². The van der Waals surface area contributed by atoms with Gasteiger partial charge in [-0.2, -0.15) is 4.31 Å². The average Bonchev–Trinajstić information content (AvgIpc) is 3.36. The topological polar surface area (TPSA) is 115 Å². The van der Waals surface area contributed by atoms with Crippen LogP contribution in [0.25, 0.3) is 10.9 Å². The van der Waals surface area contributed by atoms with Gasteiger partial charge >= 0.3 is 5.97 Å². The number of ether oxygens (including phenoxy) is 3. The predicted molar refractivity (Wildman–Crippen MR) is 136 cm³/mol. The molecule has 0 aliphatic carbocycles.